The first-order valence-corrected chi connectivity index (χ1v) is 10.9. The normalized spacial score (nSPS) is 17.8. The number of nitrogens with zero attached hydrogens (tertiary/aromatic N) is 4. The molecule has 0 aromatic heterocycles. The van der Waals surface area contributed by atoms with Crippen LogP contribution in [0.2, 0.25) is 0 Å². The van der Waals surface area contributed by atoms with Crippen LogP contribution < -0.4 is 4.90 Å². The zero-order valence-electron chi connectivity index (χ0n) is 18.4. The maximum absolute atomic E-state index is 13.4. The molecule has 2 aromatic carbocycles. The highest BCUT2D eigenvalue weighted by molar-refractivity contribution is 6.21. The largest absolute Gasteiger partial charge is 0.423 e. The molecular formula is C23H23F3N4O4. The van der Waals surface area contributed by atoms with E-state index in [9.17, 15) is 32.9 Å². The summed E-state index contributed by atoms with van der Waals surface area (Å²) in [5.74, 6) is -0.682. The number of nitro benzene ring substituents is 1. The van der Waals surface area contributed by atoms with E-state index in [0.29, 0.717) is 43.7 Å². The van der Waals surface area contributed by atoms with Crippen molar-refractivity contribution >= 4 is 23.2 Å². The van der Waals surface area contributed by atoms with E-state index in [0.717, 1.165) is 18.6 Å². The number of amides is 2. The molecule has 8 nitrogen and oxygen atoms in total. The summed E-state index contributed by atoms with van der Waals surface area (Å²) in [5, 5.41) is 11.0. The average Bonchev–Trinajstić information content (AvgIpc) is 3.07. The molecule has 0 bridgehead atoms. The van der Waals surface area contributed by atoms with E-state index in [1.165, 1.54) is 11.0 Å². The number of carbonyl (C=O) groups is 2. The molecule has 180 valence electrons. The van der Waals surface area contributed by atoms with E-state index >= 15 is 0 Å². The summed E-state index contributed by atoms with van der Waals surface area (Å²) >= 11 is 0. The fourth-order valence-electron chi connectivity index (χ4n) is 4.60. The second-order valence-corrected chi connectivity index (χ2v) is 8.27. The van der Waals surface area contributed by atoms with E-state index in [-0.39, 0.29) is 17.5 Å². The molecule has 2 heterocycles. The van der Waals surface area contributed by atoms with Crippen molar-refractivity contribution < 1.29 is 27.7 Å². The summed E-state index contributed by atoms with van der Waals surface area (Å²) in [6.07, 6.45) is -4.00. The molecule has 1 fully saturated rings. The molecule has 2 aliphatic rings. The number of alkyl halides is 3. The summed E-state index contributed by atoms with van der Waals surface area (Å²) < 4.78 is 40.1. The highest BCUT2D eigenvalue weighted by Gasteiger charge is 2.42. The Morgan fingerprint density at radius 1 is 1.00 bits per heavy atom. The second kappa shape index (κ2) is 9.05. The SMILES string of the molecule is CCCC(N1CCN(c2ccc([N+](=O)[O-])c(C(F)(F)F)c2)CC1)N1C(=O)c2ccccc2C1=O. The minimum absolute atomic E-state index is 0.241. The molecule has 2 amide bonds. The van der Waals surface area contributed by atoms with Crippen molar-refractivity contribution in [1.82, 2.24) is 9.80 Å². The molecule has 0 aliphatic carbocycles. The van der Waals surface area contributed by atoms with Crippen LogP contribution >= 0.6 is 0 Å². The fourth-order valence-corrected chi connectivity index (χ4v) is 4.60. The van der Waals surface area contributed by atoms with Crippen LogP contribution in [0.1, 0.15) is 46.0 Å². The van der Waals surface area contributed by atoms with Crippen LogP contribution in [-0.4, -0.2) is 58.9 Å². The number of rotatable bonds is 6. The van der Waals surface area contributed by atoms with Crippen molar-refractivity contribution in [2.45, 2.75) is 32.1 Å². The van der Waals surface area contributed by atoms with Gasteiger partial charge < -0.3 is 4.90 Å². The Kier molecular flexibility index (Phi) is 6.30. The van der Waals surface area contributed by atoms with Crippen molar-refractivity contribution in [3.63, 3.8) is 0 Å². The van der Waals surface area contributed by atoms with Crippen LogP contribution in [0.3, 0.4) is 0 Å². The molecule has 0 radical (unpaired) electrons. The molecule has 2 aromatic rings. The summed E-state index contributed by atoms with van der Waals surface area (Å²) in [4.78, 5) is 40.9. The Morgan fingerprint density at radius 2 is 1.59 bits per heavy atom. The Bertz CT molecular complexity index is 1090. The predicted molar refractivity (Wildman–Crippen MR) is 118 cm³/mol. The fraction of sp³-hybridized carbons (Fsp3) is 0.391. The maximum Gasteiger partial charge on any atom is 0.423 e. The van der Waals surface area contributed by atoms with Crippen LogP contribution in [0.5, 0.6) is 0 Å². The Balaban J connectivity index is 1.52. The lowest BCUT2D eigenvalue weighted by Crippen LogP contribution is -2.57. The van der Waals surface area contributed by atoms with Crippen LogP contribution in [0, 0.1) is 10.1 Å². The third kappa shape index (κ3) is 4.23. The van der Waals surface area contributed by atoms with Crippen molar-refractivity contribution in [2.24, 2.45) is 0 Å². The monoisotopic (exact) mass is 476 g/mol. The molecule has 0 saturated carbocycles. The smallest absolute Gasteiger partial charge is 0.369 e. The van der Waals surface area contributed by atoms with E-state index in [1.807, 2.05) is 11.8 Å². The van der Waals surface area contributed by atoms with Gasteiger partial charge in [0, 0.05) is 37.9 Å². The quantitative estimate of drug-likeness (QED) is 0.354. The summed E-state index contributed by atoms with van der Waals surface area (Å²) in [7, 11) is 0. The van der Waals surface area contributed by atoms with Gasteiger partial charge in [0.1, 0.15) is 5.56 Å². The molecule has 4 rings (SSSR count). The number of hydrogen-bond acceptors (Lipinski definition) is 6. The number of hydrogen-bond donors (Lipinski definition) is 0. The number of nitro groups is 1. The summed E-state index contributed by atoms with van der Waals surface area (Å²) in [5.41, 5.74) is -1.28. The van der Waals surface area contributed by atoms with Crippen LogP contribution in [0.15, 0.2) is 42.5 Å². The van der Waals surface area contributed by atoms with Crippen molar-refractivity contribution in [3.8, 4) is 0 Å². The van der Waals surface area contributed by atoms with Gasteiger partial charge in [0.05, 0.1) is 22.2 Å². The van der Waals surface area contributed by atoms with Gasteiger partial charge in [-0.05, 0) is 30.7 Å². The van der Waals surface area contributed by atoms with Crippen LogP contribution in [-0.2, 0) is 6.18 Å². The summed E-state index contributed by atoms with van der Waals surface area (Å²) in [6, 6.07) is 9.68. The van der Waals surface area contributed by atoms with E-state index in [2.05, 4.69) is 0 Å². The Labute approximate surface area is 193 Å². The lowest BCUT2D eigenvalue weighted by atomic mass is 10.1. The lowest BCUT2D eigenvalue weighted by molar-refractivity contribution is -0.388. The van der Waals surface area contributed by atoms with Gasteiger partial charge in [0.2, 0.25) is 0 Å². The van der Waals surface area contributed by atoms with Crippen molar-refractivity contribution in [1.29, 1.82) is 0 Å². The Hall–Kier alpha value is -3.47. The Morgan fingerprint density at radius 3 is 2.09 bits per heavy atom. The topological polar surface area (TPSA) is 87.0 Å². The van der Waals surface area contributed by atoms with Crippen LogP contribution in [0.25, 0.3) is 0 Å². The third-order valence-corrected chi connectivity index (χ3v) is 6.25. The van der Waals surface area contributed by atoms with Gasteiger partial charge in [-0.15, -0.1) is 0 Å². The number of benzene rings is 2. The first-order valence-electron chi connectivity index (χ1n) is 10.9. The number of piperazine rings is 1. The van der Waals surface area contributed by atoms with Crippen molar-refractivity contribution in [2.75, 3.05) is 31.1 Å². The molecule has 2 aliphatic heterocycles. The molecular weight excluding hydrogens is 453 g/mol. The van der Waals surface area contributed by atoms with Gasteiger partial charge >= 0.3 is 6.18 Å². The van der Waals surface area contributed by atoms with Crippen LogP contribution in [0.4, 0.5) is 24.5 Å². The molecule has 0 N–H and O–H groups in total. The molecule has 1 atom stereocenters. The summed E-state index contributed by atoms with van der Waals surface area (Å²) in [6.45, 7) is 3.47. The van der Waals surface area contributed by atoms with E-state index in [1.54, 1.807) is 29.2 Å². The number of anilines is 1. The predicted octanol–water partition coefficient (Wildman–Crippen LogP) is 4.16. The molecule has 0 spiro atoms. The second-order valence-electron chi connectivity index (χ2n) is 8.27. The average molecular weight is 476 g/mol. The molecule has 1 unspecified atom stereocenters. The minimum atomic E-state index is -4.85. The highest BCUT2D eigenvalue weighted by Crippen LogP contribution is 2.38. The van der Waals surface area contributed by atoms with Gasteiger partial charge in [-0.1, -0.05) is 25.5 Å². The van der Waals surface area contributed by atoms with Gasteiger partial charge in [-0.25, -0.2) is 0 Å². The number of fused-ring (bicyclic) bond motifs is 1. The number of imide groups is 1. The number of halogens is 3. The molecule has 34 heavy (non-hydrogen) atoms. The zero-order valence-corrected chi connectivity index (χ0v) is 18.4. The highest BCUT2D eigenvalue weighted by atomic mass is 19.4. The molecule has 11 heteroatoms. The third-order valence-electron chi connectivity index (χ3n) is 6.25. The number of carbonyl (C=O) groups excluding carboxylic acids is 2. The first-order chi connectivity index (χ1) is 16.1. The maximum atomic E-state index is 13.4. The first kappa shape index (κ1) is 23.7. The van der Waals surface area contributed by atoms with Crippen molar-refractivity contribution in [3.05, 3.63) is 69.3 Å². The van der Waals surface area contributed by atoms with Gasteiger partial charge in [0.15, 0.2) is 0 Å². The van der Waals surface area contributed by atoms with E-state index < -0.39 is 28.5 Å². The lowest BCUT2D eigenvalue weighted by Gasteiger charge is -2.42. The van der Waals surface area contributed by atoms with Gasteiger partial charge in [0.25, 0.3) is 17.5 Å². The zero-order chi connectivity index (χ0) is 24.6. The molecule has 1 saturated heterocycles. The minimum Gasteiger partial charge on any atom is -0.369 e. The van der Waals surface area contributed by atoms with Gasteiger partial charge in [-0.3, -0.25) is 29.5 Å². The van der Waals surface area contributed by atoms with E-state index in [4.69, 9.17) is 0 Å². The standard InChI is InChI=1S/C23H23F3N4O4/c1-2-5-20(29-21(31)16-6-3-4-7-17(16)22(29)32)28-12-10-27(11-13-28)15-8-9-19(30(33)34)18(14-15)23(24,25)26/h3-4,6-9,14,20H,2,5,10-13H2,1H3. The van der Waals surface area contributed by atoms with Gasteiger partial charge in [-0.2, -0.15) is 13.2 Å².